The summed E-state index contributed by atoms with van der Waals surface area (Å²) >= 11 is 1.53. The molecule has 3 aromatic rings. The Bertz CT molecular complexity index is 944. The van der Waals surface area contributed by atoms with Gasteiger partial charge in [-0.25, -0.2) is 10.2 Å². The number of carbonyl (C=O) groups is 1. The SMILES string of the molecule is Cc1ccsc1/C=N/NC(=O)c1cc(-c2ccccc2)nc(=O)[nH]1. The summed E-state index contributed by atoms with van der Waals surface area (Å²) in [6.07, 6.45) is 1.58. The monoisotopic (exact) mass is 338 g/mol. The molecular weight excluding hydrogens is 324 g/mol. The molecular formula is C17H14N4O2S. The second-order valence-corrected chi connectivity index (χ2v) is 5.97. The molecule has 0 aliphatic carbocycles. The third-order valence-electron chi connectivity index (χ3n) is 3.31. The average molecular weight is 338 g/mol. The molecule has 2 N–H and O–H groups in total. The molecule has 6 nitrogen and oxygen atoms in total. The number of H-pyrrole nitrogens is 1. The van der Waals surface area contributed by atoms with Gasteiger partial charge in [-0.15, -0.1) is 11.3 Å². The number of benzene rings is 1. The number of nitrogens with one attached hydrogen (secondary N) is 2. The van der Waals surface area contributed by atoms with Gasteiger partial charge in [0.1, 0.15) is 5.69 Å². The first-order valence-electron chi connectivity index (χ1n) is 7.18. The van der Waals surface area contributed by atoms with E-state index in [4.69, 9.17) is 0 Å². The highest BCUT2D eigenvalue weighted by Gasteiger charge is 2.10. The van der Waals surface area contributed by atoms with Crippen LogP contribution < -0.4 is 11.1 Å². The van der Waals surface area contributed by atoms with E-state index in [1.54, 1.807) is 6.21 Å². The second-order valence-electron chi connectivity index (χ2n) is 5.02. The molecule has 2 heterocycles. The molecule has 24 heavy (non-hydrogen) atoms. The zero-order chi connectivity index (χ0) is 16.9. The van der Waals surface area contributed by atoms with Crippen LogP contribution in [0, 0.1) is 6.92 Å². The number of hydrogen-bond acceptors (Lipinski definition) is 5. The van der Waals surface area contributed by atoms with Crippen LogP contribution in [0.4, 0.5) is 0 Å². The summed E-state index contributed by atoms with van der Waals surface area (Å²) in [7, 11) is 0. The number of aromatic nitrogens is 2. The Hall–Kier alpha value is -3.06. The standard InChI is InChI=1S/C17H14N4O2S/c1-11-7-8-24-15(11)10-18-21-16(22)14-9-13(19-17(23)20-14)12-5-3-2-4-6-12/h2-10H,1H3,(H,21,22)(H,19,20,23)/b18-10+. The van der Waals surface area contributed by atoms with E-state index >= 15 is 0 Å². The number of rotatable bonds is 4. The molecule has 0 saturated carbocycles. The first-order valence-corrected chi connectivity index (χ1v) is 8.06. The lowest BCUT2D eigenvalue weighted by Crippen LogP contribution is -2.24. The summed E-state index contributed by atoms with van der Waals surface area (Å²) in [4.78, 5) is 31.2. The van der Waals surface area contributed by atoms with Gasteiger partial charge in [-0.3, -0.25) is 4.79 Å². The minimum absolute atomic E-state index is 0.105. The fourth-order valence-electron chi connectivity index (χ4n) is 2.06. The lowest BCUT2D eigenvalue weighted by atomic mass is 10.1. The van der Waals surface area contributed by atoms with Crippen LogP contribution in [-0.2, 0) is 0 Å². The van der Waals surface area contributed by atoms with Crippen molar-refractivity contribution in [1.82, 2.24) is 15.4 Å². The third kappa shape index (κ3) is 3.64. The van der Waals surface area contributed by atoms with Gasteiger partial charge in [0.2, 0.25) is 0 Å². The van der Waals surface area contributed by atoms with Crippen LogP contribution in [0.1, 0.15) is 20.9 Å². The predicted molar refractivity (Wildman–Crippen MR) is 94.4 cm³/mol. The first-order chi connectivity index (χ1) is 11.6. The number of aryl methyl sites for hydroxylation is 1. The van der Waals surface area contributed by atoms with Gasteiger partial charge in [0.05, 0.1) is 11.9 Å². The molecule has 0 radical (unpaired) electrons. The van der Waals surface area contributed by atoms with Crippen molar-refractivity contribution < 1.29 is 4.79 Å². The molecule has 0 saturated heterocycles. The van der Waals surface area contributed by atoms with E-state index in [-0.39, 0.29) is 5.69 Å². The molecule has 2 aromatic heterocycles. The molecule has 7 heteroatoms. The van der Waals surface area contributed by atoms with Crippen LogP contribution in [0.2, 0.25) is 0 Å². The Morgan fingerprint density at radius 3 is 2.79 bits per heavy atom. The van der Waals surface area contributed by atoms with Crippen LogP contribution >= 0.6 is 11.3 Å². The van der Waals surface area contributed by atoms with Crippen molar-refractivity contribution in [2.75, 3.05) is 0 Å². The first kappa shape index (κ1) is 15.8. The number of nitrogens with zero attached hydrogens (tertiary/aromatic N) is 2. The average Bonchev–Trinajstić information content (AvgIpc) is 3.00. The van der Waals surface area contributed by atoms with Crippen molar-refractivity contribution >= 4 is 23.5 Å². The predicted octanol–water partition coefficient (Wildman–Crippen LogP) is 2.57. The van der Waals surface area contributed by atoms with Gasteiger partial charge >= 0.3 is 5.69 Å². The fraction of sp³-hybridized carbons (Fsp3) is 0.0588. The summed E-state index contributed by atoms with van der Waals surface area (Å²) in [6, 6.07) is 12.7. The molecule has 0 aliphatic rings. The van der Waals surface area contributed by atoms with Gasteiger partial charge in [-0.2, -0.15) is 10.1 Å². The zero-order valence-corrected chi connectivity index (χ0v) is 13.6. The van der Waals surface area contributed by atoms with Gasteiger partial charge in [0.15, 0.2) is 0 Å². The van der Waals surface area contributed by atoms with Gasteiger partial charge in [0, 0.05) is 10.4 Å². The van der Waals surface area contributed by atoms with Crippen LogP contribution in [0.25, 0.3) is 11.3 Å². The van der Waals surface area contributed by atoms with Crippen LogP contribution in [-0.4, -0.2) is 22.1 Å². The van der Waals surface area contributed by atoms with E-state index in [1.165, 1.54) is 17.4 Å². The highest BCUT2D eigenvalue weighted by Crippen LogP contribution is 2.15. The Morgan fingerprint density at radius 1 is 1.29 bits per heavy atom. The second kappa shape index (κ2) is 7.01. The summed E-state index contributed by atoms with van der Waals surface area (Å²) in [5.41, 5.74) is 4.21. The zero-order valence-electron chi connectivity index (χ0n) is 12.8. The smallest absolute Gasteiger partial charge is 0.301 e. The van der Waals surface area contributed by atoms with Crippen molar-refractivity contribution in [3.8, 4) is 11.3 Å². The lowest BCUT2D eigenvalue weighted by molar-refractivity contribution is 0.0949. The van der Waals surface area contributed by atoms with Gasteiger partial charge in [0.25, 0.3) is 5.91 Å². The van der Waals surface area contributed by atoms with Crippen molar-refractivity contribution in [2.45, 2.75) is 6.92 Å². The molecule has 1 amide bonds. The maximum absolute atomic E-state index is 12.2. The molecule has 120 valence electrons. The van der Waals surface area contributed by atoms with Gasteiger partial charge < -0.3 is 4.98 Å². The van der Waals surface area contributed by atoms with Gasteiger partial charge in [-0.1, -0.05) is 30.3 Å². The normalized spacial score (nSPS) is 10.9. The van der Waals surface area contributed by atoms with Crippen molar-refractivity contribution in [3.05, 3.63) is 74.5 Å². The molecule has 3 rings (SSSR count). The van der Waals surface area contributed by atoms with Crippen LogP contribution in [0.15, 0.2) is 57.7 Å². The van der Waals surface area contributed by atoms with Gasteiger partial charge in [-0.05, 0) is 30.0 Å². The Kier molecular flexibility index (Phi) is 4.62. The van der Waals surface area contributed by atoms with E-state index in [1.807, 2.05) is 48.7 Å². The minimum Gasteiger partial charge on any atom is -0.301 e. The largest absolute Gasteiger partial charge is 0.346 e. The van der Waals surface area contributed by atoms with E-state index in [2.05, 4.69) is 20.5 Å². The quantitative estimate of drug-likeness (QED) is 0.566. The highest BCUT2D eigenvalue weighted by atomic mass is 32.1. The summed E-state index contributed by atoms with van der Waals surface area (Å²) in [5.74, 6) is -0.503. The molecule has 0 unspecified atom stereocenters. The molecule has 0 aliphatic heterocycles. The number of thiophene rings is 1. The third-order valence-corrected chi connectivity index (χ3v) is 4.26. The summed E-state index contributed by atoms with van der Waals surface area (Å²) in [6.45, 7) is 1.96. The molecule has 0 spiro atoms. The number of hydrogen-bond donors (Lipinski definition) is 2. The number of aromatic amines is 1. The number of amides is 1. The Morgan fingerprint density at radius 2 is 2.08 bits per heavy atom. The van der Waals surface area contributed by atoms with Crippen molar-refractivity contribution in [3.63, 3.8) is 0 Å². The fourth-order valence-corrected chi connectivity index (χ4v) is 2.85. The van der Waals surface area contributed by atoms with Crippen LogP contribution in [0.3, 0.4) is 0 Å². The molecule has 0 fully saturated rings. The number of hydrazone groups is 1. The molecule has 0 atom stereocenters. The molecule has 1 aromatic carbocycles. The van der Waals surface area contributed by atoms with Crippen LogP contribution in [0.5, 0.6) is 0 Å². The Labute approximate surface area is 141 Å². The van der Waals surface area contributed by atoms with E-state index in [0.29, 0.717) is 5.69 Å². The topological polar surface area (TPSA) is 87.2 Å². The van der Waals surface area contributed by atoms with Crippen molar-refractivity contribution in [1.29, 1.82) is 0 Å². The number of carbonyl (C=O) groups excluding carboxylic acids is 1. The minimum atomic E-state index is -0.584. The Balaban J connectivity index is 1.80. The highest BCUT2D eigenvalue weighted by molar-refractivity contribution is 7.11. The van der Waals surface area contributed by atoms with E-state index in [0.717, 1.165) is 16.0 Å². The summed E-state index contributed by atoms with van der Waals surface area (Å²) in [5, 5.41) is 5.88. The molecule has 0 bridgehead atoms. The van der Waals surface area contributed by atoms with Crippen molar-refractivity contribution in [2.24, 2.45) is 5.10 Å². The maximum Gasteiger partial charge on any atom is 0.346 e. The maximum atomic E-state index is 12.2. The van der Waals surface area contributed by atoms with E-state index in [9.17, 15) is 9.59 Å². The lowest BCUT2D eigenvalue weighted by Gasteiger charge is -2.03. The van der Waals surface area contributed by atoms with E-state index < -0.39 is 11.6 Å². The summed E-state index contributed by atoms with van der Waals surface area (Å²) < 4.78 is 0.